The Balaban J connectivity index is 2.37. The molecule has 2 fully saturated rings. The van der Waals surface area contributed by atoms with Gasteiger partial charge in [0.25, 0.3) is 5.91 Å². The van der Waals surface area contributed by atoms with Gasteiger partial charge in [-0.25, -0.2) is 4.79 Å². The van der Waals surface area contributed by atoms with Crippen molar-refractivity contribution in [2.75, 3.05) is 0 Å². The minimum absolute atomic E-state index is 0.0818. The Kier molecular flexibility index (Phi) is 2.60. The van der Waals surface area contributed by atoms with Gasteiger partial charge in [-0.1, -0.05) is 38.5 Å². The van der Waals surface area contributed by atoms with Crippen molar-refractivity contribution in [1.82, 2.24) is 4.90 Å². The lowest BCUT2D eigenvalue weighted by Crippen LogP contribution is -2.68. The van der Waals surface area contributed by atoms with E-state index in [4.69, 9.17) is 5.11 Å². The SMILES string of the molecule is CC1(C)S[C@H]2N(C(=O)[C@@]2(Br)I)[C@H]1C(=O)O. The second-order valence-corrected chi connectivity index (χ2v) is 10.3. The van der Waals surface area contributed by atoms with Gasteiger partial charge in [0.05, 0.1) is 0 Å². The molecular weight excluding hydrogens is 397 g/mol. The van der Waals surface area contributed by atoms with Gasteiger partial charge in [-0.3, -0.25) is 4.79 Å². The fraction of sp³-hybridized carbons (Fsp3) is 0.750. The fourth-order valence-corrected chi connectivity index (χ4v) is 5.14. The molecule has 84 valence electrons. The van der Waals surface area contributed by atoms with Crippen molar-refractivity contribution in [3.05, 3.63) is 0 Å². The number of aliphatic carboxylic acids is 1. The first-order valence-electron chi connectivity index (χ1n) is 4.31. The molecule has 0 saturated carbocycles. The molecule has 2 aliphatic heterocycles. The van der Waals surface area contributed by atoms with Crippen LogP contribution in [0.5, 0.6) is 0 Å². The summed E-state index contributed by atoms with van der Waals surface area (Å²) in [5, 5.41) is 9.05. The third-order valence-electron chi connectivity index (χ3n) is 2.67. The van der Waals surface area contributed by atoms with E-state index in [1.54, 1.807) is 0 Å². The minimum Gasteiger partial charge on any atom is -0.480 e. The minimum atomic E-state index is -0.928. The highest BCUT2D eigenvalue weighted by atomic mass is 127. The summed E-state index contributed by atoms with van der Waals surface area (Å²) in [5.41, 5.74) is 0. The van der Waals surface area contributed by atoms with E-state index in [0.717, 1.165) is 0 Å². The van der Waals surface area contributed by atoms with Crippen molar-refractivity contribution in [3.8, 4) is 0 Å². The van der Waals surface area contributed by atoms with E-state index in [9.17, 15) is 9.59 Å². The monoisotopic (exact) mass is 405 g/mol. The summed E-state index contributed by atoms with van der Waals surface area (Å²) in [5.74, 6) is -1.07. The normalized spacial score (nSPS) is 42.4. The summed E-state index contributed by atoms with van der Waals surface area (Å²) in [6.07, 6.45) is 0. The second kappa shape index (κ2) is 3.25. The summed E-state index contributed by atoms with van der Waals surface area (Å²) >= 11 is 6.91. The third kappa shape index (κ3) is 1.45. The van der Waals surface area contributed by atoms with Gasteiger partial charge in [0.1, 0.15) is 11.4 Å². The van der Waals surface area contributed by atoms with E-state index in [1.807, 2.05) is 36.4 Å². The molecule has 4 nitrogen and oxygen atoms in total. The number of nitrogens with zero attached hydrogens (tertiary/aromatic N) is 1. The summed E-state index contributed by atoms with van der Waals surface area (Å²) in [4.78, 5) is 24.4. The quantitative estimate of drug-likeness (QED) is 0.409. The van der Waals surface area contributed by atoms with E-state index in [2.05, 4.69) is 15.9 Å². The summed E-state index contributed by atoms with van der Waals surface area (Å²) in [6, 6.07) is -0.722. The van der Waals surface area contributed by atoms with Gasteiger partial charge in [0, 0.05) is 4.75 Å². The molecule has 2 saturated heterocycles. The van der Waals surface area contributed by atoms with Crippen LogP contribution in [0.25, 0.3) is 0 Å². The number of carboxylic acids is 1. The molecule has 2 aliphatic rings. The first-order chi connectivity index (χ1) is 6.69. The van der Waals surface area contributed by atoms with Crippen LogP contribution in [0, 0.1) is 0 Å². The van der Waals surface area contributed by atoms with E-state index in [-0.39, 0.29) is 11.3 Å². The maximum Gasteiger partial charge on any atom is 0.327 e. The Hall–Kier alpha value is 0.500. The standard InChI is InChI=1S/C8H9BrINO3S/c1-7(2)3(4(12)13)11-5(14)8(9,10)6(11)15-7/h3,6H,1-2H3,(H,12,13)/t3-,6+,8+/m0/s1. The average molecular weight is 406 g/mol. The van der Waals surface area contributed by atoms with Gasteiger partial charge in [-0.15, -0.1) is 11.8 Å². The Morgan fingerprint density at radius 2 is 2.20 bits per heavy atom. The number of fused-ring (bicyclic) bond motifs is 1. The van der Waals surface area contributed by atoms with Crippen LogP contribution in [0.4, 0.5) is 0 Å². The number of thioether (sulfide) groups is 1. The molecule has 0 aromatic carbocycles. The second-order valence-electron chi connectivity index (χ2n) is 4.15. The number of alkyl halides is 2. The number of hydrogen-bond donors (Lipinski definition) is 1. The lowest BCUT2D eigenvalue weighted by atomic mass is 9.98. The molecule has 2 rings (SSSR count). The van der Waals surface area contributed by atoms with Crippen LogP contribution < -0.4 is 0 Å². The smallest absolute Gasteiger partial charge is 0.327 e. The van der Waals surface area contributed by atoms with E-state index >= 15 is 0 Å². The van der Waals surface area contributed by atoms with Crippen LogP contribution in [0.15, 0.2) is 0 Å². The number of amides is 1. The molecule has 15 heavy (non-hydrogen) atoms. The predicted molar refractivity (Wildman–Crippen MR) is 69.4 cm³/mol. The van der Waals surface area contributed by atoms with Crippen LogP contribution in [0.2, 0.25) is 0 Å². The van der Waals surface area contributed by atoms with Crippen molar-refractivity contribution in [3.63, 3.8) is 0 Å². The summed E-state index contributed by atoms with van der Waals surface area (Å²) < 4.78 is -1.07. The lowest BCUT2D eigenvalue weighted by molar-refractivity contribution is -0.156. The first kappa shape index (κ1) is 12.0. The fourth-order valence-electron chi connectivity index (χ4n) is 1.98. The van der Waals surface area contributed by atoms with Gasteiger partial charge in [-0.2, -0.15) is 0 Å². The zero-order valence-electron chi connectivity index (χ0n) is 8.03. The Bertz CT molecular complexity index is 360. The molecule has 3 atom stereocenters. The highest BCUT2D eigenvalue weighted by Crippen LogP contribution is 2.60. The topological polar surface area (TPSA) is 57.6 Å². The first-order valence-corrected chi connectivity index (χ1v) is 7.06. The van der Waals surface area contributed by atoms with E-state index in [1.165, 1.54) is 16.7 Å². The maximum absolute atomic E-state index is 11.8. The molecule has 0 aromatic rings. The molecule has 7 heteroatoms. The molecule has 0 spiro atoms. The van der Waals surface area contributed by atoms with Crippen molar-refractivity contribution in [1.29, 1.82) is 0 Å². The Morgan fingerprint density at radius 1 is 1.67 bits per heavy atom. The lowest BCUT2D eigenvalue weighted by Gasteiger charge is -2.46. The molecule has 1 N–H and O–H groups in total. The van der Waals surface area contributed by atoms with Crippen LogP contribution in [-0.4, -0.2) is 40.4 Å². The maximum atomic E-state index is 11.8. The van der Waals surface area contributed by atoms with E-state index in [0.29, 0.717) is 0 Å². The molecule has 0 aliphatic carbocycles. The number of rotatable bonds is 1. The number of carbonyl (C=O) groups is 2. The Labute approximate surface area is 113 Å². The Morgan fingerprint density at radius 3 is 2.67 bits per heavy atom. The van der Waals surface area contributed by atoms with Gasteiger partial charge in [0.15, 0.2) is 2.33 Å². The number of β-lactam (4-membered cyclic amide) rings is 1. The van der Waals surface area contributed by atoms with Crippen LogP contribution >= 0.6 is 50.3 Å². The van der Waals surface area contributed by atoms with Gasteiger partial charge in [-0.05, 0) is 13.8 Å². The average Bonchev–Trinajstić information content (AvgIpc) is 2.35. The van der Waals surface area contributed by atoms with Crippen molar-refractivity contribution in [2.45, 2.75) is 32.3 Å². The van der Waals surface area contributed by atoms with Crippen molar-refractivity contribution >= 4 is 62.2 Å². The highest BCUT2D eigenvalue weighted by molar-refractivity contribution is 14.1. The van der Waals surface area contributed by atoms with Crippen LogP contribution in [0.1, 0.15) is 13.8 Å². The van der Waals surface area contributed by atoms with Crippen LogP contribution in [0.3, 0.4) is 0 Å². The molecule has 1 amide bonds. The van der Waals surface area contributed by atoms with Crippen LogP contribution in [-0.2, 0) is 9.59 Å². The zero-order valence-corrected chi connectivity index (χ0v) is 12.6. The van der Waals surface area contributed by atoms with Crippen molar-refractivity contribution < 1.29 is 14.7 Å². The highest BCUT2D eigenvalue weighted by Gasteiger charge is 2.69. The van der Waals surface area contributed by atoms with Gasteiger partial charge >= 0.3 is 5.97 Å². The van der Waals surface area contributed by atoms with Crippen molar-refractivity contribution in [2.24, 2.45) is 0 Å². The molecular formula is C8H9BrINO3S. The van der Waals surface area contributed by atoms with Gasteiger partial charge < -0.3 is 10.0 Å². The van der Waals surface area contributed by atoms with Gasteiger partial charge in [0.2, 0.25) is 0 Å². The molecule has 0 aromatic heterocycles. The molecule has 0 radical (unpaired) electrons. The number of halogens is 2. The zero-order chi connectivity index (χ0) is 11.6. The largest absolute Gasteiger partial charge is 0.480 e. The summed E-state index contributed by atoms with van der Waals surface area (Å²) in [6.45, 7) is 3.73. The number of carbonyl (C=O) groups excluding carboxylic acids is 1. The number of hydrogen-bond acceptors (Lipinski definition) is 3. The molecule has 0 bridgehead atoms. The third-order valence-corrected chi connectivity index (χ3v) is 6.85. The number of carboxylic acid groups (broad SMARTS) is 1. The summed E-state index contributed by atoms with van der Waals surface area (Å²) in [7, 11) is 0. The molecule has 2 heterocycles. The molecule has 0 unspecified atom stereocenters. The predicted octanol–water partition coefficient (Wildman–Crippen LogP) is 1.66. The van der Waals surface area contributed by atoms with E-state index < -0.39 is 19.1 Å².